The second-order valence-corrected chi connectivity index (χ2v) is 3.03. The highest BCUT2D eigenvalue weighted by Crippen LogP contribution is 2.07. The molecule has 0 bridgehead atoms. The first-order valence-electron chi connectivity index (χ1n) is 4.65. The smallest absolute Gasteiger partial charge is 0.323 e. The van der Waals surface area contributed by atoms with Crippen LogP contribution in [0.15, 0.2) is 18.5 Å². The maximum absolute atomic E-state index is 13.1. The molecule has 0 fully saturated rings. The summed E-state index contributed by atoms with van der Waals surface area (Å²) in [6.07, 6.45) is 2.66. The Balaban J connectivity index is 2.62. The predicted molar refractivity (Wildman–Crippen MR) is 52.5 cm³/mol. The molecule has 0 saturated carbocycles. The van der Waals surface area contributed by atoms with Crippen LogP contribution in [-0.2, 0) is 16.0 Å². The number of aromatic nitrogens is 1. The first-order valence-corrected chi connectivity index (χ1v) is 4.65. The van der Waals surface area contributed by atoms with Gasteiger partial charge in [0.2, 0.25) is 0 Å². The Morgan fingerprint density at radius 1 is 1.73 bits per heavy atom. The molecule has 1 atom stereocenters. The molecule has 2 N–H and O–H groups in total. The Bertz CT molecular complexity index is 344. The molecule has 5 heteroatoms. The Labute approximate surface area is 87.3 Å². The van der Waals surface area contributed by atoms with E-state index < -0.39 is 17.8 Å². The summed E-state index contributed by atoms with van der Waals surface area (Å²) in [5.41, 5.74) is 5.91. The summed E-state index contributed by atoms with van der Waals surface area (Å²) in [4.78, 5) is 14.8. The lowest BCUT2D eigenvalue weighted by Crippen LogP contribution is -2.34. The normalized spacial score (nSPS) is 12.2. The summed E-state index contributed by atoms with van der Waals surface area (Å²) >= 11 is 0. The fraction of sp³-hybridized carbons (Fsp3) is 0.400. The third kappa shape index (κ3) is 3.28. The van der Waals surface area contributed by atoms with E-state index in [4.69, 9.17) is 10.5 Å². The summed E-state index contributed by atoms with van der Waals surface area (Å²) < 4.78 is 17.8. The molecule has 0 saturated heterocycles. The minimum absolute atomic E-state index is 0.118. The van der Waals surface area contributed by atoms with E-state index in [0.717, 1.165) is 6.20 Å². The van der Waals surface area contributed by atoms with Crippen molar-refractivity contribution in [3.8, 4) is 0 Å². The minimum atomic E-state index is -0.832. The van der Waals surface area contributed by atoms with Gasteiger partial charge >= 0.3 is 5.97 Å². The van der Waals surface area contributed by atoms with Gasteiger partial charge in [-0.15, -0.1) is 0 Å². The number of ether oxygens (including phenoxy) is 1. The molecule has 1 rings (SSSR count). The average Bonchev–Trinajstić information content (AvgIpc) is 2.21. The molecule has 0 spiro atoms. The standard InChI is InChI=1S/C10H13FN2O2/c1-2-15-10(14)9(12)5-7-3-4-13-6-8(7)11/h3-4,6,9H,2,5,12H2,1H3. The largest absolute Gasteiger partial charge is 0.465 e. The van der Waals surface area contributed by atoms with E-state index in [2.05, 4.69) is 4.98 Å². The molecule has 1 unspecified atom stereocenters. The molecule has 1 heterocycles. The molecule has 0 aliphatic rings. The Kier molecular flexibility index (Phi) is 4.17. The first kappa shape index (κ1) is 11.6. The summed E-state index contributed by atoms with van der Waals surface area (Å²) in [5, 5.41) is 0. The maximum atomic E-state index is 13.1. The van der Waals surface area contributed by atoms with Crippen molar-refractivity contribution in [1.82, 2.24) is 4.98 Å². The molecule has 0 radical (unpaired) electrons. The van der Waals surface area contributed by atoms with Crippen LogP contribution < -0.4 is 5.73 Å². The topological polar surface area (TPSA) is 65.2 Å². The minimum Gasteiger partial charge on any atom is -0.465 e. The van der Waals surface area contributed by atoms with Gasteiger partial charge < -0.3 is 10.5 Å². The summed E-state index contributed by atoms with van der Waals surface area (Å²) in [5.74, 6) is -0.981. The molecule has 4 nitrogen and oxygen atoms in total. The third-order valence-corrected chi connectivity index (χ3v) is 1.89. The van der Waals surface area contributed by atoms with Gasteiger partial charge in [0.25, 0.3) is 0 Å². The van der Waals surface area contributed by atoms with Gasteiger partial charge in [-0.3, -0.25) is 9.78 Å². The van der Waals surface area contributed by atoms with Crippen molar-refractivity contribution in [2.75, 3.05) is 6.61 Å². The van der Waals surface area contributed by atoms with Crippen LogP contribution in [-0.4, -0.2) is 23.6 Å². The average molecular weight is 212 g/mol. The van der Waals surface area contributed by atoms with Crippen LogP contribution in [0.1, 0.15) is 12.5 Å². The molecule has 0 amide bonds. The summed E-state index contributed by atoms with van der Waals surface area (Å²) in [6, 6.07) is 0.663. The lowest BCUT2D eigenvalue weighted by Gasteiger charge is -2.10. The van der Waals surface area contributed by atoms with Crippen LogP contribution in [0, 0.1) is 5.82 Å². The quantitative estimate of drug-likeness (QED) is 0.744. The Morgan fingerprint density at radius 3 is 3.07 bits per heavy atom. The van der Waals surface area contributed by atoms with Crippen molar-refractivity contribution in [3.63, 3.8) is 0 Å². The lowest BCUT2D eigenvalue weighted by molar-refractivity contribution is -0.144. The van der Waals surface area contributed by atoms with Crippen molar-refractivity contribution in [2.45, 2.75) is 19.4 Å². The second-order valence-electron chi connectivity index (χ2n) is 3.03. The number of nitrogens with zero attached hydrogens (tertiary/aromatic N) is 1. The summed E-state index contributed by atoms with van der Waals surface area (Å²) in [6.45, 7) is 1.96. The van der Waals surface area contributed by atoms with Gasteiger partial charge in [-0.05, 0) is 18.6 Å². The van der Waals surface area contributed by atoms with E-state index in [1.807, 2.05) is 0 Å². The number of rotatable bonds is 4. The fourth-order valence-electron chi connectivity index (χ4n) is 1.14. The number of hydrogen-bond acceptors (Lipinski definition) is 4. The van der Waals surface area contributed by atoms with Crippen LogP contribution in [0.3, 0.4) is 0 Å². The van der Waals surface area contributed by atoms with Crippen molar-refractivity contribution in [1.29, 1.82) is 0 Å². The highest BCUT2D eigenvalue weighted by molar-refractivity contribution is 5.75. The van der Waals surface area contributed by atoms with Crippen LogP contribution in [0.4, 0.5) is 4.39 Å². The van der Waals surface area contributed by atoms with E-state index in [9.17, 15) is 9.18 Å². The highest BCUT2D eigenvalue weighted by Gasteiger charge is 2.16. The van der Waals surface area contributed by atoms with Gasteiger partial charge in [0, 0.05) is 12.6 Å². The highest BCUT2D eigenvalue weighted by atomic mass is 19.1. The van der Waals surface area contributed by atoms with Gasteiger partial charge in [0.05, 0.1) is 12.8 Å². The number of carbonyl (C=O) groups is 1. The number of carbonyl (C=O) groups excluding carboxylic acids is 1. The van der Waals surface area contributed by atoms with E-state index in [1.165, 1.54) is 12.3 Å². The SMILES string of the molecule is CCOC(=O)C(N)Cc1ccncc1F. The van der Waals surface area contributed by atoms with Crippen molar-refractivity contribution in [3.05, 3.63) is 29.8 Å². The van der Waals surface area contributed by atoms with Crippen LogP contribution in [0.5, 0.6) is 0 Å². The monoisotopic (exact) mass is 212 g/mol. The van der Waals surface area contributed by atoms with Crippen LogP contribution in [0.2, 0.25) is 0 Å². The predicted octanol–water partition coefficient (Wildman–Crippen LogP) is 0.654. The molecular weight excluding hydrogens is 199 g/mol. The second kappa shape index (κ2) is 5.41. The molecule has 0 aliphatic carbocycles. The Hall–Kier alpha value is -1.49. The Morgan fingerprint density at radius 2 is 2.47 bits per heavy atom. The zero-order valence-electron chi connectivity index (χ0n) is 8.44. The van der Waals surface area contributed by atoms with Gasteiger partial charge in [-0.1, -0.05) is 0 Å². The molecule has 15 heavy (non-hydrogen) atoms. The zero-order chi connectivity index (χ0) is 11.3. The van der Waals surface area contributed by atoms with Gasteiger partial charge in [0.15, 0.2) is 0 Å². The van der Waals surface area contributed by atoms with Crippen LogP contribution >= 0.6 is 0 Å². The number of pyridine rings is 1. The first-order chi connectivity index (χ1) is 7.15. The van der Waals surface area contributed by atoms with E-state index in [-0.39, 0.29) is 13.0 Å². The van der Waals surface area contributed by atoms with Gasteiger partial charge in [-0.25, -0.2) is 4.39 Å². The molecule has 1 aromatic heterocycles. The lowest BCUT2D eigenvalue weighted by atomic mass is 10.1. The number of hydrogen-bond donors (Lipinski definition) is 1. The number of halogens is 1. The fourth-order valence-corrected chi connectivity index (χ4v) is 1.14. The molecule has 0 aliphatic heterocycles. The molecule has 1 aromatic rings. The maximum Gasteiger partial charge on any atom is 0.323 e. The van der Waals surface area contributed by atoms with Gasteiger partial charge in [0.1, 0.15) is 11.9 Å². The molecule has 0 aromatic carbocycles. The van der Waals surface area contributed by atoms with Crippen molar-refractivity contribution >= 4 is 5.97 Å². The van der Waals surface area contributed by atoms with Crippen molar-refractivity contribution < 1.29 is 13.9 Å². The molecule has 82 valence electrons. The number of esters is 1. The van der Waals surface area contributed by atoms with Crippen LogP contribution in [0.25, 0.3) is 0 Å². The zero-order valence-corrected chi connectivity index (χ0v) is 8.44. The van der Waals surface area contributed by atoms with Crippen molar-refractivity contribution in [2.24, 2.45) is 5.73 Å². The van der Waals surface area contributed by atoms with E-state index in [0.29, 0.717) is 5.56 Å². The van der Waals surface area contributed by atoms with E-state index >= 15 is 0 Å². The third-order valence-electron chi connectivity index (χ3n) is 1.89. The van der Waals surface area contributed by atoms with E-state index in [1.54, 1.807) is 6.92 Å². The molecular formula is C10H13FN2O2. The summed E-state index contributed by atoms with van der Waals surface area (Å²) in [7, 11) is 0. The number of nitrogens with two attached hydrogens (primary N) is 1. The van der Waals surface area contributed by atoms with Gasteiger partial charge in [-0.2, -0.15) is 0 Å².